The van der Waals surface area contributed by atoms with Gasteiger partial charge in [-0.05, 0) is 25.4 Å². The van der Waals surface area contributed by atoms with Gasteiger partial charge in [0.2, 0.25) is 0 Å². The highest BCUT2D eigenvalue weighted by Gasteiger charge is 2.11. The van der Waals surface area contributed by atoms with Crippen molar-refractivity contribution in [2.24, 2.45) is 5.73 Å². The van der Waals surface area contributed by atoms with E-state index in [0.717, 1.165) is 29.3 Å². The molecule has 0 aliphatic carbocycles. The predicted molar refractivity (Wildman–Crippen MR) is 72.2 cm³/mol. The first-order valence-corrected chi connectivity index (χ1v) is 7.66. The fraction of sp³-hybridized carbons (Fsp3) is 0.727. The number of hydrogen-bond acceptors (Lipinski definition) is 5. The molecule has 1 rings (SSSR count). The van der Waals surface area contributed by atoms with Gasteiger partial charge >= 0.3 is 0 Å². The van der Waals surface area contributed by atoms with Crippen LogP contribution in [0.15, 0.2) is 5.38 Å². The summed E-state index contributed by atoms with van der Waals surface area (Å²) in [6.45, 7) is 2.05. The second-order valence-electron chi connectivity index (χ2n) is 3.80. The number of nitrogens with zero attached hydrogens (tertiary/aromatic N) is 1. The van der Waals surface area contributed by atoms with E-state index in [1.165, 1.54) is 0 Å². The third-order valence-corrected chi connectivity index (χ3v) is 3.98. The second kappa shape index (κ2) is 7.27. The molecule has 0 aromatic carbocycles. The molecule has 0 saturated carbocycles. The molecule has 16 heavy (non-hydrogen) atoms. The van der Waals surface area contributed by atoms with Crippen LogP contribution in [0.3, 0.4) is 0 Å². The monoisotopic (exact) mass is 260 g/mol. The number of hydrogen-bond donors (Lipinski definition) is 1. The molecule has 2 N–H and O–H groups in total. The fourth-order valence-electron chi connectivity index (χ4n) is 1.31. The number of rotatable bonds is 7. The molecule has 0 aliphatic heterocycles. The van der Waals surface area contributed by atoms with Crippen molar-refractivity contribution in [1.29, 1.82) is 0 Å². The van der Waals surface area contributed by atoms with E-state index in [2.05, 4.69) is 23.5 Å². The summed E-state index contributed by atoms with van der Waals surface area (Å²) < 4.78 is 5.22. The van der Waals surface area contributed by atoms with Crippen molar-refractivity contribution in [2.45, 2.75) is 31.9 Å². The minimum absolute atomic E-state index is 0.0790. The van der Waals surface area contributed by atoms with E-state index in [-0.39, 0.29) is 12.1 Å². The standard InChI is InChI=1S/C11H20N2OS2/c1-8(14-2)6-11-13-10(7-16-11)9(12)4-5-15-3/h7-9H,4-6,12H2,1-3H3. The molecule has 3 nitrogen and oxygen atoms in total. The first kappa shape index (κ1) is 14.0. The zero-order valence-electron chi connectivity index (χ0n) is 10.1. The molecular weight excluding hydrogens is 240 g/mol. The number of ether oxygens (including phenoxy) is 1. The largest absolute Gasteiger partial charge is 0.381 e. The number of nitrogens with two attached hydrogens (primary N) is 1. The van der Waals surface area contributed by atoms with E-state index in [1.54, 1.807) is 18.4 Å². The molecule has 0 radical (unpaired) electrons. The van der Waals surface area contributed by atoms with Gasteiger partial charge in [-0.25, -0.2) is 4.98 Å². The Balaban J connectivity index is 2.50. The van der Waals surface area contributed by atoms with Gasteiger partial charge in [-0.1, -0.05) is 0 Å². The summed E-state index contributed by atoms with van der Waals surface area (Å²) >= 11 is 3.50. The minimum Gasteiger partial charge on any atom is -0.381 e. The molecule has 1 heterocycles. The van der Waals surface area contributed by atoms with Gasteiger partial charge in [0.1, 0.15) is 0 Å². The average Bonchev–Trinajstić information content (AvgIpc) is 2.74. The van der Waals surface area contributed by atoms with Crippen molar-refractivity contribution in [3.63, 3.8) is 0 Å². The molecule has 0 bridgehead atoms. The van der Waals surface area contributed by atoms with Crippen LogP contribution in [0.1, 0.15) is 30.1 Å². The van der Waals surface area contributed by atoms with Crippen molar-refractivity contribution in [1.82, 2.24) is 4.98 Å². The Morgan fingerprint density at radius 2 is 2.38 bits per heavy atom. The van der Waals surface area contributed by atoms with Crippen LogP contribution in [-0.4, -0.2) is 30.2 Å². The van der Waals surface area contributed by atoms with Crippen molar-refractivity contribution in [3.8, 4) is 0 Å². The number of thioether (sulfide) groups is 1. The van der Waals surface area contributed by atoms with Crippen molar-refractivity contribution >= 4 is 23.1 Å². The fourth-order valence-corrected chi connectivity index (χ4v) is 2.77. The van der Waals surface area contributed by atoms with Crippen LogP contribution in [-0.2, 0) is 11.2 Å². The Kier molecular flexibility index (Phi) is 6.34. The first-order chi connectivity index (χ1) is 7.67. The molecular formula is C11H20N2OS2. The number of thiazole rings is 1. The Morgan fingerprint density at radius 1 is 1.62 bits per heavy atom. The topological polar surface area (TPSA) is 48.1 Å². The molecule has 0 spiro atoms. The average molecular weight is 260 g/mol. The number of aromatic nitrogens is 1. The zero-order chi connectivity index (χ0) is 12.0. The van der Waals surface area contributed by atoms with Crippen molar-refractivity contribution < 1.29 is 4.74 Å². The van der Waals surface area contributed by atoms with Gasteiger partial charge in [-0.15, -0.1) is 11.3 Å². The van der Waals surface area contributed by atoms with Crippen LogP contribution in [0.4, 0.5) is 0 Å². The Bertz CT molecular complexity index is 304. The lowest BCUT2D eigenvalue weighted by atomic mass is 10.2. The maximum absolute atomic E-state index is 6.06. The van der Waals surface area contributed by atoms with Gasteiger partial charge in [0, 0.05) is 25.0 Å². The van der Waals surface area contributed by atoms with Crippen LogP contribution >= 0.6 is 23.1 Å². The molecule has 92 valence electrons. The molecule has 1 aromatic heterocycles. The predicted octanol–water partition coefficient (Wildman–Crippen LogP) is 2.47. The Morgan fingerprint density at radius 3 is 3.00 bits per heavy atom. The molecule has 0 saturated heterocycles. The maximum atomic E-state index is 6.06. The van der Waals surface area contributed by atoms with E-state index in [0.29, 0.717) is 0 Å². The van der Waals surface area contributed by atoms with Crippen LogP contribution in [0.5, 0.6) is 0 Å². The third-order valence-electron chi connectivity index (χ3n) is 2.45. The van der Waals surface area contributed by atoms with E-state index in [1.807, 2.05) is 11.8 Å². The zero-order valence-corrected chi connectivity index (χ0v) is 11.7. The third kappa shape index (κ3) is 4.41. The van der Waals surface area contributed by atoms with Crippen LogP contribution < -0.4 is 5.73 Å². The molecule has 0 fully saturated rings. The van der Waals surface area contributed by atoms with E-state index < -0.39 is 0 Å². The highest BCUT2D eigenvalue weighted by atomic mass is 32.2. The van der Waals surface area contributed by atoms with Gasteiger partial charge in [0.15, 0.2) is 0 Å². The minimum atomic E-state index is 0.0790. The van der Waals surface area contributed by atoms with Crippen LogP contribution in [0.25, 0.3) is 0 Å². The molecule has 0 aliphatic rings. The summed E-state index contributed by atoms with van der Waals surface area (Å²) in [5.41, 5.74) is 7.08. The Hall–Kier alpha value is -0.100. The normalized spacial score (nSPS) is 15.0. The summed E-state index contributed by atoms with van der Waals surface area (Å²) in [6.07, 6.45) is 4.18. The van der Waals surface area contributed by atoms with Crippen molar-refractivity contribution in [3.05, 3.63) is 16.1 Å². The molecule has 2 unspecified atom stereocenters. The molecule has 5 heteroatoms. The molecule has 1 aromatic rings. The lowest BCUT2D eigenvalue weighted by Gasteiger charge is -2.08. The molecule has 0 amide bonds. The van der Waals surface area contributed by atoms with Crippen molar-refractivity contribution in [2.75, 3.05) is 19.1 Å². The highest BCUT2D eigenvalue weighted by Crippen LogP contribution is 2.20. The lowest BCUT2D eigenvalue weighted by Crippen LogP contribution is -2.12. The lowest BCUT2D eigenvalue weighted by molar-refractivity contribution is 0.118. The smallest absolute Gasteiger partial charge is 0.0954 e. The van der Waals surface area contributed by atoms with Gasteiger partial charge < -0.3 is 10.5 Å². The van der Waals surface area contributed by atoms with E-state index in [9.17, 15) is 0 Å². The van der Waals surface area contributed by atoms with Gasteiger partial charge in [-0.2, -0.15) is 11.8 Å². The van der Waals surface area contributed by atoms with Crippen LogP contribution in [0.2, 0.25) is 0 Å². The molecule has 2 atom stereocenters. The van der Waals surface area contributed by atoms with Gasteiger partial charge in [0.25, 0.3) is 0 Å². The summed E-state index contributed by atoms with van der Waals surface area (Å²) in [5, 5.41) is 3.19. The SMILES string of the molecule is COC(C)Cc1nc(C(N)CCSC)cs1. The maximum Gasteiger partial charge on any atom is 0.0954 e. The quantitative estimate of drug-likeness (QED) is 0.818. The Labute approximate surface area is 106 Å². The number of methoxy groups -OCH3 is 1. The van der Waals surface area contributed by atoms with E-state index >= 15 is 0 Å². The summed E-state index contributed by atoms with van der Waals surface area (Å²) in [7, 11) is 1.73. The van der Waals surface area contributed by atoms with Crippen LogP contribution in [0, 0.1) is 0 Å². The highest BCUT2D eigenvalue weighted by molar-refractivity contribution is 7.98. The summed E-state index contributed by atoms with van der Waals surface area (Å²) in [5.74, 6) is 1.09. The summed E-state index contributed by atoms with van der Waals surface area (Å²) in [6, 6.07) is 0.0790. The van der Waals surface area contributed by atoms with E-state index in [4.69, 9.17) is 10.5 Å². The van der Waals surface area contributed by atoms with Gasteiger partial charge in [0.05, 0.1) is 16.8 Å². The first-order valence-electron chi connectivity index (χ1n) is 5.39. The second-order valence-corrected chi connectivity index (χ2v) is 5.73. The summed E-state index contributed by atoms with van der Waals surface area (Å²) in [4.78, 5) is 4.56. The van der Waals surface area contributed by atoms with Gasteiger partial charge in [-0.3, -0.25) is 0 Å².